The van der Waals surface area contributed by atoms with Crippen LogP contribution in [0.4, 0.5) is 0 Å². The summed E-state index contributed by atoms with van der Waals surface area (Å²) >= 11 is 4.11. The van der Waals surface area contributed by atoms with Gasteiger partial charge in [-0.2, -0.15) is 4.40 Å². The van der Waals surface area contributed by atoms with Gasteiger partial charge >= 0.3 is 0 Å². The first-order valence-corrected chi connectivity index (χ1v) is 16.6. The highest BCUT2D eigenvalue weighted by atomic mass is 35.5. The lowest BCUT2D eigenvalue weighted by Gasteiger charge is -2.43. The molecule has 0 saturated heterocycles. The first-order chi connectivity index (χ1) is 19.1. The summed E-state index contributed by atoms with van der Waals surface area (Å²) < 4.78 is 53.3. The predicted molar refractivity (Wildman–Crippen MR) is 163 cm³/mol. The standard InChI is InChI=1S/C31H37ClN2O4S2/c1-4-5-12-29(31(21-9-22-31)26-15-17-27(32)18-16-26)33-39(35)38-30(25-10-7-6-8-11-25)24(3)34-40(36,37)28-19-13-23(2)14-20-28/h6-8,10-11,13-20,24,30,34H,4-5,9,12,21-22H2,1-3H3/b33-29+/t24-,30-,39-/m1/s1. The van der Waals surface area contributed by atoms with Crippen LogP contribution in [-0.2, 0) is 30.9 Å². The Labute approximate surface area is 246 Å². The third kappa shape index (κ3) is 7.28. The summed E-state index contributed by atoms with van der Waals surface area (Å²) in [4.78, 5) is 0.160. The minimum atomic E-state index is -3.83. The van der Waals surface area contributed by atoms with Crippen molar-refractivity contribution < 1.29 is 16.8 Å². The molecule has 1 N–H and O–H groups in total. The van der Waals surface area contributed by atoms with Crippen LogP contribution < -0.4 is 4.72 Å². The van der Waals surface area contributed by atoms with Crippen molar-refractivity contribution in [2.45, 2.75) is 81.8 Å². The third-order valence-corrected chi connectivity index (χ3v) is 10.1. The van der Waals surface area contributed by atoms with E-state index >= 15 is 0 Å². The molecule has 0 radical (unpaired) electrons. The fraction of sp³-hybridized carbons (Fsp3) is 0.387. The van der Waals surface area contributed by atoms with Crippen LogP contribution in [0.1, 0.15) is 75.2 Å². The second kappa shape index (κ2) is 13.5. The molecule has 0 unspecified atom stereocenters. The molecular weight excluding hydrogens is 564 g/mol. The number of hydrogen-bond donors (Lipinski definition) is 1. The Kier molecular flexibility index (Phi) is 10.4. The number of hydrogen-bond acceptors (Lipinski definition) is 4. The zero-order valence-electron chi connectivity index (χ0n) is 23.2. The third-order valence-electron chi connectivity index (χ3n) is 7.55. The van der Waals surface area contributed by atoms with Crippen LogP contribution in [-0.4, -0.2) is 24.4 Å². The summed E-state index contributed by atoms with van der Waals surface area (Å²) in [5, 5.41) is 0.671. The molecular formula is C31H37ClN2O4S2. The lowest BCUT2D eigenvalue weighted by Crippen LogP contribution is -2.43. The Balaban J connectivity index is 1.62. The normalized spacial score (nSPS) is 17.6. The molecule has 3 atom stereocenters. The number of benzene rings is 3. The van der Waals surface area contributed by atoms with E-state index in [1.54, 1.807) is 31.2 Å². The molecule has 3 aromatic carbocycles. The Morgan fingerprint density at radius 2 is 1.70 bits per heavy atom. The lowest BCUT2D eigenvalue weighted by atomic mass is 9.61. The Bertz CT molecular complexity index is 1420. The van der Waals surface area contributed by atoms with Gasteiger partial charge in [-0.15, -0.1) is 0 Å². The van der Waals surface area contributed by atoms with E-state index in [0.29, 0.717) is 17.0 Å². The monoisotopic (exact) mass is 600 g/mol. The molecule has 1 fully saturated rings. The number of nitrogens with zero attached hydrogens (tertiary/aromatic N) is 1. The second-order valence-electron chi connectivity index (χ2n) is 10.5. The van der Waals surface area contributed by atoms with E-state index in [4.69, 9.17) is 15.8 Å². The average molecular weight is 601 g/mol. The van der Waals surface area contributed by atoms with Crippen LogP contribution in [0.15, 0.2) is 88.2 Å². The predicted octanol–water partition coefficient (Wildman–Crippen LogP) is 7.40. The van der Waals surface area contributed by atoms with Gasteiger partial charge in [0.2, 0.25) is 10.0 Å². The van der Waals surface area contributed by atoms with Gasteiger partial charge in [-0.05, 0) is 74.9 Å². The smallest absolute Gasteiger partial charge is 0.263 e. The lowest BCUT2D eigenvalue weighted by molar-refractivity contribution is 0.195. The van der Waals surface area contributed by atoms with Crippen LogP contribution in [0.5, 0.6) is 0 Å². The van der Waals surface area contributed by atoms with Gasteiger partial charge in [0.05, 0.1) is 10.9 Å². The van der Waals surface area contributed by atoms with Crippen molar-refractivity contribution in [3.8, 4) is 0 Å². The van der Waals surface area contributed by atoms with E-state index in [1.807, 2.05) is 61.5 Å². The highest BCUT2D eigenvalue weighted by Gasteiger charge is 2.43. The molecule has 0 amide bonds. The topological polar surface area (TPSA) is 84.8 Å². The fourth-order valence-corrected chi connectivity index (χ4v) is 7.44. The van der Waals surface area contributed by atoms with Gasteiger partial charge in [0.15, 0.2) is 0 Å². The van der Waals surface area contributed by atoms with Crippen molar-refractivity contribution in [3.05, 3.63) is 101 Å². The van der Waals surface area contributed by atoms with Gasteiger partial charge in [0.1, 0.15) is 6.10 Å². The minimum absolute atomic E-state index is 0.160. The maximum Gasteiger partial charge on any atom is 0.285 e. The molecule has 9 heteroatoms. The summed E-state index contributed by atoms with van der Waals surface area (Å²) in [6, 6.07) is 23.0. The van der Waals surface area contributed by atoms with Crippen LogP contribution >= 0.6 is 11.6 Å². The summed E-state index contributed by atoms with van der Waals surface area (Å²) in [5.41, 5.74) is 3.36. The Morgan fingerprint density at radius 3 is 2.27 bits per heavy atom. The van der Waals surface area contributed by atoms with Gasteiger partial charge in [-0.1, -0.05) is 91.5 Å². The summed E-state index contributed by atoms with van der Waals surface area (Å²) in [6.45, 7) is 5.73. The zero-order chi connectivity index (χ0) is 28.8. The second-order valence-corrected chi connectivity index (χ2v) is 13.4. The molecule has 0 heterocycles. The van der Waals surface area contributed by atoms with Crippen molar-refractivity contribution in [2.75, 3.05) is 0 Å². The molecule has 1 saturated carbocycles. The van der Waals surface area contributed by atoms with Crippen molar-refractivity contribution in [1.29, 1.82) is 0 Å². The van der Waals surface area contributed by atoms with Crippen LogP contribution in [0.25, 0.3) is 0 Å². The van der Waals surface area contributed by atoms with Gasteiger partial charge < -0.3 is 0 Å². The van der Waals surface area contributed by atoms with E-state index in [0.717, 1.165) is 48.9 Å². The fourth-order valence-electron chi connectivity index (χ4n) is 5.12. The molecule has 1 aliphatic rings. The van der Waals surface area contributed by atoms with Crippen LogP contribution in [0.3, 0.4) is 0 Å². The molecule has 1 aliphatic carbocycles. The zero-order valence-corrected chi connectivity index (χ0v) is 25.6. The molecule has 40 heavy (non-hydrogen) atoms. The number of rotatable bonds is 13. The average Bonchev–Trinajstić information content (AvgIpc) is 2.91. The quantitative estimate of drug-likeness (QED) is 0.207. The van der Waals surface area contributed by atoms with E-state index < -0.39 is 33.4 Å². The molecule has 0 bridgehead atoms. The first kappa shape index (κ1) is 30.6. The molecule has 214 valence electrons. The Morgan fingerprint density at radius 1 is 1.05 bits per heavy atom. The molecule has 4 rings (SSSR count). The summed E-state index contributed by atoms with van der Waals surface area (Å²) in [6.07, 6.45) is 4.68. The maximum atomic E-state index is 13.6. The molecule has 0 aromatic heterocycles. The summed E-state index contributed by atoms with van der Waals surface area (Å²) in [7, 11) is -3.83. The number of halogens is 1. The number of nitrogens with one attached hydrogen (secondary N) is 1. The van der Waals surface area contributed by atoms with Crippen LogP contribution in [0.2, 0.25) is 5.02 Å². The minimum Gasteiger partial charge on any atom is -0.263 e. The van der Waals surface area contributed by atoms with Gasteiger partial charge in [0, 0.05) is 16.1 Å². The van der Waals surface area contributed by atoms with Gasteiger partial charge in [0.25, 0.3) is 11.3 Å². The van der Waals surface area contributed by atoms with Gasteiger partial charge in [-0.25, -0.2) is 17.3 Å². The molecule has 3 aromatic rings. The van der Waals surface area contributed by atoms with Crippen molar-refractivity contribution >= 4 is 38.6 Å². The van der Waals surface area contributed by atoms with E-state index in [9.17, 15) is 12.6 Å². The number of unbranched alkanes of at least 4 members (excludes halogenated alkanes) is 1. The van der Waals surface area contributed by atoms with Crippen molar-refractivity contribution in [1.82, 2.24) is 4.72 Å². The molecule has 0 aliphatic heterocycles. The first-order valence-electron chi connectivity index (χ1n) is 13.7. The van der Waals surface area contributed by atoms with Crippen molar-refractivity contribution in [2.24, 2.45) is 4.40 Å². The largest absolute Gasteiger partial charge is 0.285 e. The van der Waals surface area contributed by atoms with E-state index in [-0.39, 0.29) is 10.3 Å². The van der Waals surface area contributed by atoms with E-state index in [2.05, 4.69) is 16.0 Å². The maximum absolute atomic E-state index is 13.6. The highest BCUT2D eigenvalue weighted by molar-refractivity contribution is 7.89. The molecule has 0 spiro atoms. The van der Waals surface area contributed by atoms with Crippen LogP contribution in [0, 0.1) is 6.92 Å². The number of sulfonamides is 1. The Hall–Kier alpha value is -2.36. The SMILES string of the molecule is CCCC/C(=N\[S@](=O)O[C@@H](c1ccccc1)[C@@H](C)NS(=O)(=O)c1ccc(C)cc1)C1(c2ccc(Cl)cc2)CCC1. The number of aryl methyl sites for hydroxylation is 1. The van der Waals surface area contributed by atoms with Gasteiger partial charge in [-0.3, -0.25) is 4.18 Å². The molecule has 6 nitrogen and oxygen atoms in total. The van der Waals surface area contributed by atoms with E-state index in [1.165, 1.54) is 0 Å². The summed E-state index contributed by atoms with van der Waals surface area (Å²) in [5.74, 6) is 0. The highest BCUT2D eigenvalue weighted by Crippen LogP contribution is 2.46. The van der Waals surface area contributed by atoms with Crippen molar-refractivity contribution in [3.63, 3.8) is 0 Å².